The second-order valence-corrected chi connectivity index (χ2v) is 5.02. The lowest BCUT2D eigenvalue weighted by molar-refractivity contribution is -0.0729. The summed E-state index contributed by atoms with van der Waals surface area (Å²) in [4.78, 5) is 2.55. The summed E-state index contributed by atoms with van der Waals surface area (Å²) < 4.78 is 5.76. The molecule has 0 aromatic carbocycles. The van der Waals surface area contributed by atoms with Gasteiger partial charge in [0.1, 0.15) is 0 Å². The average molecular weight is 236 g/mol. The predicted octanol–water partition coefficient (Wildman–Crippen LogP) is 1.92. The molecule has 17 heavy (non-hydrogen) atoms. The van der Waals surface area contributed by atoms with Crippen molar-refractivity contribution in [2.24, 2.45) is 0 Å². The third-order valence-corrected chi connectivity index (χ3v) is 3.88. The molecule has 0 spiro atoms. The number of nitrogens with zero attached hydrogens (tertiary/aromatic N) is 1. The second-order valence-electron chi connectivity index (χ2n) is 5.02. The van der Waals surface area contributed by atoms with Crippen molar-refractivity contribution in [3.05, 3.63) is 25.3 Å². The summed E-state index contributed by atoms with van der Waals surface area (Å²) in [6, 6.07) is 0. The Bertz CT molecular complexity index is 271. The van der Waals surface area contributed by atoms with E-state index < -0.39 is 0 Å². The molecule has 0 radical (unpaired) electrons. The summed E-state index contributed by atoms with van der Waals surface area (Å²) in [6.45, 7) is 11.7. The topological polar surface area (TPSA) is 24.5 Å². The minimum Gasteiger partial charge on any atom is -0.375 e. The van der Waals surface area contributed by atoms with Crippen LogP contribution in [0.25, 0.3) is 0 Å². The van der Waals surface area contributed by atoms with Crippen LogP contribution in [0.4, 0.5) is 0 Å². The third kappa shape index (κ3) is 2.79. The molecular formula is C14H24N2O. The smallest absolute Gasteiger partial charge is 0.0749 e. The van der Waals surface area contributed by atoms with E-state index in [9.17, 15) is 0 Å². The number of rotatable bonds is 5. The number of hydrogen-bond acceptors (Lipinski definition) is 3. The van der Waals surface area contributed by atoms with Crippen molar-refractivity contribution in [3.8, 4) is 0 Å². The summed E-state index contributed by atoms with van der Waals surface area (Å²) in [5.74, 6) is 0. The van der Waals surface area contributed by atoms with Crippen molar-refractivity contribution >= 4 is 0 Å². The van der Waals surface area contributed by atoms with Gasteiger partial charge in [-0.15, -0.1) is 13.2 Å². The number of ether oxygens (including phenoxy) is 1. The van der Waals surface area contributed by atoms with Crippen molar-refractivity contribution in [3.63, 3.8) is 0 Å². The quantitative estimate of drug-likeness (QED) is 0.738. The minimum atomic E-state index is 0.144. The SMILES string of the molecule is C=CCC1CN(C2(CC=C)CCCN2)CCO1. The highest BCUT2D eigenvalue weighted by atomic mass is 16.5. The molecule has 0 aliphatic carbocycles. The molecule has 2 aliphatic rings. The van der Waals surface area contributed by atoms with E-state index in [1.54, 1.807) is 0 Å². The molecule has 3 nitrogen and oxygen atoms in total. The minimum absolute atomic E-state index is 0.144. The van der Waals surface area contributed by atoms with E-state index in [0.29, 0.717) is 6.10 Å². The van der Waals surface area contributed by atoms with Gasteiger partial charge < -0.3 is 4.74 Å². The zero-order chi connectivity index (χ0) is 12.1. The van der Waals surface area contributed by atoms with Gasteiger partial charge in [-0.25, -0.2) is 0 Å². The number of hydrogen-bond donors (Lipinski definition) is 1. The van der Waals surface area contributed by atoms with Crippen LogP contribution in [0.3, 0.4) is 0 Å². The van der Waals surface area contributed by atoms with Gasteiger partial charge in [-0.05, 0) is 32.2 Å². The average Bonchev–Trinajstić information content (AvgIpc) is 2.80. The van der Waals surface area contributed by atoms with E-state index in [-0.39, 0.29) is 5.66 Å². The Kier molecular flexibility index (Phi) is 4.37. The van der Waals surface area contributed by atoms with Crippen LogP contribution in [0.15, 0.2) is 25.3 Å². The Labute approximate surface area is 105 Å². The lowest BCUT2D eigenvalue weighted by Crippen LogP contribution is -2.60. The molecule has 2 unspecified atom stereocenters. The number of nitrogens with one attached hydrogen (secondary N) is 1. The van der Waals surface area contributed by atoms with Gasteiger partial charge in [-0.2, -0.15) is 0 Å². The molecule has 3 heteroatoms. The van der Waals surface area contributed by atoms with Crippen molar-refractivity contribution in [2.45, 2.75) is 37.5 Å². The first-order chi connectivity index (χ1) is 8.30. The first-order valence-electron chi connectivity index (χ1n) is 6.64. The van der Waals surface area contributed by atoms with Gasteiger partial charge in [0.2, 0.25) is 0 Å². The summed E-state index contributed by atoms with van der Waals surface area (Å²) in [6.07, 6.45) is 8.75. The van der Waals surface area contributed by atoms with Gasteiger partial charge in [0.25, 0.3) is 0 Å². The Morgan fingerprint density at radius 3 is 2.94 bits per heavy atom. The molecule has 2 heterocycles. The Morgan fingerprint density at radius 2 is 2.29 bits per heavy atom. The molecule has 2 fully saturated rings. The molecule has 2 rings (SSSR count). The van der Waals surface area contributed by atoms with Crippen molar-refractivity contribution in [1.29, 1.82) is 0 Å². The largest absolute Gasteiger partial charge is 0.375 e. The van der Waals surface area contributed by atoms with Crippen LogP contribution in [-0.2, 0) is 4.74 Å². The summed E-state index contributed by atoms with van der Waals surface area (Å²) in [7, 11) is 0. The summed E-state index contributed by atoms with van der Waals surface area (Å²) in [5, 5.41) is 3.68. The standard InChI is InChI=1S/C14H24N2O/c1-3-6-13-12-16(10-11-17-13)14(7-4-2)8-5-9-15-14/h3-4,13,15H,1-2,5-12H2. The molecule has 96 valence electrons. The van der Waals surface area contributed by atoms with Crippen LogP contribution in [0, 0.1) is 0 Å². The zero-order valence-corrected chi connectivity index (χ0v) is 10.7. The lowest BCUT2D eigenvalue weighted by atomic mass is 9.99. The monoisotopic (exact) mass is 236 g/mol. The predicted molar refractivity (Wildman–Crippen MR) is 70.9 cm³/mol. The fraction of sp³-hybridized carbons (Fsp3) is 0.714. The van der Waals surface area contributed by atoms with E-state index in [4.69, 9.17) is 4.74 Å². The van der Waals surface area contributed by atoms with Crippen LogP contribution >= 0.6 is 0 Å². The fourth-order valence-electron chi connectivity index (χ4n) is 3.04. The van der Waals surface area contributed by atoms with Gasteiger partial charge in [0.05, 0.1) is 18.4 Å². The lowest BCUT2D eigenvalue weighted by Gasteiger charge is -2.45. The third-order valence-electron chi connectivity index (χ3n) is 3.88. The molecule has 0 saturated carbocycles. The van der Waals surface area contributed by atoms with Crippen molar-refractivity contribution in [2.75, 3.05) is 26.2 Å². The van der Waals surface area contributed by atoms with Crippen LogP contribution in [0.2, 0.25) is 0 Å². The zero-order valence-electron chi connectivity index (χ0n) is 10.7. The van der Waals surface area contributed by atoms with E-state index in [1.807, 2.05) is 12.2 Å². The fourth-order valence-corrected chi connectivity index (χ4v) is 3.04. The molecular weight excluding hydrogens is 212 g/mol. The maximum Gasteiger partial charge on any atom is 0.0749 e. The second kappa shape index (κ2) is 5.80. The van der Waals surface area contributed by atoms with Gasteiger partial charge >= 0.3 is 0 Å². The van der Waals surface area contributed by atoms with E-state index in [0.717, 1.165) is 39.1 Å². The Balaban J connectivity index is 2.02. The molecule has 0 aromatic heterocycles. The van der Waals surface area contributed by atoms with Gasteiger partial charge in [-0.1, -0.05) is 12.2 Å². The Hall–Kier alpha value is -0.640. The summed E-state index contributed by atoms with van der Waals surface area (Å²) >= 11 is 0. The van der Waals surface area contributed by atoms with E-state index in [1.165, 1.54) is 12.8 Å². The maximum atomic E-state index is 5.76. The molecule has 2 atom stereocenters. The van der Waals surface area contributed by atoms with E-state index >= 15 is 0 Å². The van der Waals surface area contributed by atoms with Gasteiger partial charge in [0.15, 0.2) is 0 Å². The summed E-state index contributed by atoms with van der Waals surface area (Å²) in [5.41, 5.74) is 0.144. The molecule has 0 bridgehead atoms. The highest BCUT2D eigenvalue weighted by molar-refractivity contribution is 4.99. The van der Waals surface area contributed by atoms with Crippen LogP contribution in [0.1, 0.15) is 25.7 Å². The van der Waals surface area contributed by atoms with Gasteiger partial charge in [-0.3, -0.25) is 10.2 Å². The van der Waals surface area contributed by atoms with E-state index in [2.05, 4.69) is 23.4 Å². The highest BCUT2D eigenvalue weighted by Crippen LogP contribution is 2.29. The van der Waals surface area contributed by atoms with Crippen molar-refractivity contribution < 1.29 is 4.74 Å². The molecule has 0 aromatic rings. The number of morpholine rings is 1. The molecule has 1 N–H and O–H groups in total. The first kappa shape index (κ1) is 12.8. The van der Waals surface area contributed by atoms with Gasteiger partial charge in [0, 0.05) is 13.1 Å². The molecule has 0 amide bonds. The normalized spacial score (nSPS) is 34.7. The highest BCUT2D eigenvalue weighted by Gasteiger charge is 2.40. The molecule has 2 aliphatic heterocycles. The van der Waals surface area contributed by atoms with Crippen molar-refractivity contribution in [1.82, 2.24) is 10.2 Å². The maximum absolute atomic E-state index is 5.76. The molecule has 2 saturated heterocycles. The van der Waals surface area contributed by atoms with Crippen LogP contribution in [-0.4, -0.2) is 42.9 Å². The van der Waals surface area contributed by atoms with Crippen LogP contribution < -0.4 is 5.32 Å². The van der Waals surface area contributed by atoms with Crippen LogP contribution in [0.5, 0.6) is 0 Å². The first-order valence-corrected chi connectivity index (χ1v) is 6.64. The Morgan fingerprint density at radius 1 is 1.41 bits per heavy atom.